The third-order valence-electron chi connectivity index (χ3n) is 3.62. The fourth-order valence-electron chi connectivity index (χ4n) is 2.52. The highest BCUT2D eigenvalue weighted by molar-refractivity contribution is 8.00. The minimum atomic E-state index is 0.125. The summed E-state index contributed by atoms with van der Waals surface area (Å²) in [4.78, 5) is 0. The van der Waals surface area contributed by atoms with E-state index in [1.807, 2.05) is 35.9 Å². The van der Waals surface area contributed by atoms with Crippen LogP contribution in [0.1, 0.15) is 22.2 Å². The number of thioether (sulfide) groups is 1. The summed E-state index contributed by atoms with van der Waals surface area (Å²) in [6, 6.07) is 20.7. The molecule has 2 aromatic carbocycles. The SMILES string of the molecule is Cc1nnc2n1N=C(c1ccccc1)C(c1ccccc1)S2. The van der Waals surface area contributed by atoms with Crippen LogP contribution in [-0.4, -0.2) is 20.6 Å². The van der Waals surface area contributed by atoms with Gasteiger partial charge in [0.1, 0.15) is 0 Å². The van der Waals surface area contributed by atoms with Gasteiger partial charge in [0.05, 0.1) is 11.0 Å². The van der Waals surface area contributed by atoms with Gasteiger partial charge in [0.2, 0.25) is 5.16 Å². The van der Waals surface area contributed by atoms with Crippen molar-refractivity contribution in [1.82, 2.24) is 14.9 Å². The van der Waals surface area contributed by atoms with Gasteiger partial charge in [0.25, 0.3) is 0 Å². The van der Waals surface area contributed by atoms with Crippen LogP contribution in [0.4, 0.5) is 0 Å². The number of aromatic nitrogens is 3. The Hall–Kier alpha value is -2.40. The number of hydrogen-bond acceptors (Lipinski definition) is 4. The first kappa shape index (κ1) is 13.3. The molecule has 0 bridgehead atoms. The van der Waals surface area contributed by atoms with Crippen LogP contribution >= 0.6 is 11.8 Å². The number of aryl methyl sites for hydroxylation is 1. The Morgan fingerprint density at radius 3 is 2.32 bits per heavy atom. The van der Waals surface area contributed by atoms with E-state index in [1.165, 1.54) is 5.56 Å². The van der Waals surface area contributed by atoms with Gasteiger partial charge in [0, 0.05) is 0 Å². The maximum absolute atomic E-state index is 4.82. The van der Waals surface area contributed by atoms with Gasteiger partial charge in [-0.15, -0.1) is 10.2 Å². The fourth-order valence-corrected chi connectivity index (χ4v) is 3.68. The summed E-state index contributed by atoms with van der Waals surface area (Å²) in [5, 5.41) is 14.2. The van der Waals surface area contributed by atoms with E-state index >= 15 is 0 Å². The molecule has 2 heterocycles. The molecule has 4 rings (SSSR count). The zero-order valence-electron chi connectivity index (χ0n) is 12.0. The van der Waals surface area contributed by atoms with Gasteiger partial charge in [-0.05, 0) is 18.1 Å². The standard InChI is InChI=1S/C17H14N4S/c1-12-18-19-17-21(12)20-15(13-8-4-2-5-9-13)16(22-17)14-10-6-3-7-11-14/h2-11,16H,1H3. The van der Waals surface area contributed by atoms with Crippen molar-refractivity contribution in [2.45, 2.75) is 17.3 Å². The van der Waals surface area contributed by atoms with E-state index in [0.717, 1.165) is 22.3 Å². The Kier molecular flexibility index (Phi) is 3.27. The molecule has 0 spiro atoms. The molecular weight excluding hydrogens is 292 g/mol. The molecule has 108 valence electrons. The van der Waals surface area contributed by atoms with Gasteiger partial charge in [0.15, 0.2) is 5.82 Å². The highest BCUT2D eigenvalue weighted by Crippen LogP contribution is 2.40. The lowest BCUT2D eigenvalue weighted by molar-refractivity contribution is 0.727. The molecule has 0 aliphatic carbocycles. The predicted molar refractivity (Wildman–Crippen MR) is 88.2 cm³/mol. The molecule has 0 radical (unpaired) electrons. The lowest BCUT2D eigenvalue weighted by Crippen LogP contribution is -2.18. The Morgan fingerprint density at radius 1 is 0.909 bits per heavy atom. The van der Waals surface area contributed by atoms with Crippen LogP contribution in [0, 0.1) is 6.92 Å². The molecule has 0 N–H and O–H groups in total. The van der Waals surface area contributed by atoms with Crippen molar-refractivity contribution in [2.75, 3.05) is 0 Å². The van der Waals surface area contributed by atoms with Crippen LogP contribution in [-0.2, 0) is 0 Å². The second kappa shape index (κ2) is 5.42. The first-order valence-corrected chi connectivity index (χ1v) is 7.99. The Balaban J connectivity index is 1.88. The molecule has 1 aromatic heterocycles. The molecule has 3 aromatic rings. The number of rotatable bonds is 2. The van der Waals surface area contributed by atoms with E-state index < -0.39 is 0 Å². The zero-order chi connectivity index (χ0) is 14.9. The second-order valence-electron chi connectivity index (χ2n) is 5.10. The molecule has 5 heteroatoms. The summed E-state index contributed by atoms with van der Waals surface area (Å²) in [7, 11) is 0. The van der Waals surface area contributed by atoms with E-state index in [9.17, 15) is 0 Å². The summed E-state index contributed by atoms with van der Waals surface area (Å²) in [6.07, 6.45) is 0. The topological polar surface area (TPSA) is 43.1 Å². The van der Waals surface area contributed by atoms with Crippen molar-refractivity contribution in [3.63, 3.8) is 0 Å². The third kappa shape index (κ3) is 2.23. The second-order valence-corrected chi connectivity index (χ2v) is 6.17. The Labute approximate surface area is 132 Å². The first-order chi connectivity index (χ1) is 10.8. The fraction of sp³-hybridized carbons (Fsp3) is 0.118. The summed E-state index contributed by atoms with van der Waals surface area (Å²) < 4.78 is 1.83. The molecule has 0 saturated heterocycles. The molecule has 0 saturated carbocycles. The van der Waals surface area contributed by atoms with Crippen LogP contribution in [0.25, 0.3) is 0 Å². The van der Waals surface area contributed by atoms with Crippen LogP contribution < -0.4 is 0 Å². The van der Waals surface area contributed by atoms with Crippen molar-refractivity contribution in [3.8, 4) is 0 Å². The van der Waals surface area contributed by atoms with Gasteiger partial charge < -0.3 is 0 Å². The smallest absolute Gasteiger partial charge is 0.191 e. The average molecular weight is 306 g/mol. The number of hydrogen-bond donors (Lipinski definition) is 0. The highest BCUT2D eigenvalue weighted by atomic mass is 32.2. The normalized spacial score (nSPS) is 17.0. The largest absolute Gasteiger partial charge is 0.213 e. The molecule has 1 aliphatic rings. The van der Waals surface area contributed by atoms with Crippen LogP contribution in [0.15, 0.2) is 70.9 Å². The van der Waals surface area contributed by atoms with E-state index in [4.69, 9.17) is 5.10 Å². The number of fused-ring (bicyclic) bond motifs is 1. The average Bonchev–Trinajstić information content (AvgIpc) is 2.96. The molecule has 0 fully saturated rings. The minimum Gasteiger partial charge on any atom is -0.191 e. The van der Waals surface area contributed by atoms with Crippen molar-refractivity contribution < 1.29 is 0 Å². The van der Waals surface area contributed by atoms with Crippen molar-refractivity contribution >= 4 is 17.5 Å². The maximum atomic E-state index is 4.82. The van der Waals surface area contributed by atoms with Gasteiger partial charge in [-0.25, -0.2) is 0 Å². The number of nitrogens with zero attached hydrogens (tertiary/aromatic N) is 4. The molecule has 1 aliphatic heterocycles. The van der Waals surface area contributed by atoms with Crippen LogP contribution in [0.3, 0.4) is 0 Å². The van der Waals surface area contributed by atoms with E-state index in [0.29, 0.717) is 0 Å². The number of benzene rings is 2. The van der Waals surface area contributed by atoms with E-state index in [2.05, 4.69) is 46.6 Å². The van der Waals surface area contributed by atoms with Crippen LogP contribution in [0.2, 0.25) is 0 Å². The Morgan fingerprint density at radius 2 is 1.59 bits per heavy atom. The van der Waals surface area contributed by atoms with Gasteiger partial charge in [-0.1, -0.05) is 72.4 Å². The summed E-state index contributed by atoms with van der Waals surface area (Å²) in [6.45, 7) is 1.92. The Bertz CT molecular complexity index is 824. The molecule has 1 atom stereocenters. The lowest BCUT2D eigenvalue weighted by Gasteiger charge is -2.23. The van der Waals surface area contributed by atoms with Gasteiger partial charge in [-0.2, -0.15) is 9.78 Å². The third-order valence-corrected chi connectivity index (χ3v) is 4.82. The molecule has 1 unspecified atom stereocenters. The molecular formula is C17H14N4S. The van der Waals surface area contributed by atoms with Crippen molar-refractivity contribution in [1.29, 1.82) is 0 Å². The quantitative estimate of drug-likeness (QED) is 0.725. The van der Waals surface area contributed by atoms with Gasteiger partial charge >= 0.3 is 0 Å². The summed E-state index contributed by atoms with van der Waals surface area (Å²) in [5.74, 6) is 0.808. The van der Waals surface area contributed by atoms with Crippen LogP contribution in [0.5, 0.6) is 0 Å². The summed E-state index contributed by atoms with van der Waals surface area (Å²) >= 11 is 1.69. The molecule has 4 nitrogen and oxygen atoms in total. The molecule has 0 amide bonds. The van der Waals surface area contributed by atoms with Crippen molar-refractivity contribution in [3.05, 3.63) is 77.6 Å². The monoisotopic (exact) mass is 306 g/mol. The highest BCUT2D eigenvalue weighted by Gasteiger charge is 2.29. The van der Waals surface area contributed by atoms with E-state index in [1.54, 1.807) is 11.8 Å². The first-order valence-electron chi connectivity index (χ1n) is 7.11. The van der Waals surface area contributed by atoms with E-state index in [-0.39, 0.29) is 5.25 Å². The summed E-state index contributed by atoms with van der Waals surface area (Å²) in [5.41, 5.74) is 3.39. The minimum absolute atomic E-state index is 0.125. The maximum Gasteiger partial charge on any atom is 0.213 e. The van der Waals surface area contributed by atoms with Crippen molar-refractivity contribution in [2.24, 2.45) is 5.10 Å². The molecule has 22 heavy (non-hydrogen) atoms. The van der Waals surface area contributed by atoms with Gasteiger partial charge in [-0.3, -0.25) is 0 Å². The zero-order valence-corrected chi connectivity index (χ0v) is 12.9. The lowest BCUT2D eigenvalue weighted by atomic mass is 10.0. The predicted octanol–water partition coefficient (Wildman–Crippen LogP) is 3.69.